The maximum Gasteiger partial charge on any atom is 0.0606 e. The molecular weight excluding hydrogens is 129 g/mol. The van der Waals surface area contributed by atoms with Gasteiger partial charge in [0.2, 0.25) is 0 Å². The summed E-state index contributed by atoms with van der Waals surface area (Å²) in [7, 11) is 1.39. The zero-order valence-electron chi connectivity index (χ0n) is 2.49. The van der Waals surface area contributed by atoms with Gasteiger partial charge in [-0.3, -0.25) is 4.29 Å². The van der Waals surface area contributed by atoms with Crippen molar-refractivity contribution in [2.45, 2.75) is 0 Å². The van der Waals surface area contributed by atoms with Gasteiger partial charge in [0.15, 0.2) is 0 Å². The van der Waals surface area contributed by atoms with Crippen LogP contribution in [0.1, 0.15) is 0 Å². The van der Waals surface area contributed by atoms with Crippen LogP contribution in [0.3, 0.4) is 0 Å². The van der Waals surface area contributed by atoms with Crippen molar-refractivity contribution in [2.24, 2.45) is 0 Å². The molecule has 0 aromatic carbocycles. The standard InChI is InChI=1S/CH3ClO.Zn/c1-3-2;/h1H3;. The van der Waals surface area contributed by atoms with Crippen molar-refractivity contribution in [1.29, 1.82) is 0 Å². The SMILES string of the molecule is COCl.[Zn]. The van der Waals surface area contributed by atoms with Crippen LogP contribution in [0.2, 0.25) is 0 Å². The summed E-state index contributed by atoms with van der Waals surface area (Å²) in [6.45, 7) is 0. The van der Waals surface area contributed by atoms with E-state index < -0.39 is 0 Å². The van der Waals surface area contributed by atoms with Crippen LogP contribution in [-0.4, -0.2) is 7.11 Å². The Morgan fingerprint density at radius 2 is 1.75 bits per heavy atom. The Morgan fingerprint density at radius 3 is 1.75 bits per heavy atom. The molecule has 0 aliphatic heterocycles. The monoisotopic (exact) mass is 130 g/mol. The van der Waals surface area contributed by atoms with Crippen molar-refractivity contribution >= 4 is 11.9 Å². The molecule has 0 N–H and O–H groups in total. The van der Waals surface area contributed by atoms with Gasteiger partial charge in [-0.05, 0) is 0 Å². The van der Waals surface area contributed by atoms with Gasteiger partial charge in [-0.2, -0.15) is 0 Å². The second kappa shape index (κ2) is 9.11. The van der Waals surface area contributed by atoms with Crippen molar-refractivity contribution in [2.75, 3.05) is 7.11 Å². The second-order valence-corrected chi connectivity index (χ2v) is 0.463. The van der Waals surface area contributed by atoms with Crippen molar-refractivity contribution in [3.63, 3.8) is 0 Å². The molecule has 1 nitrogen and oxygen atoms in total. The van der Waals surface area contributed by atoms with Crippen molar-refractivity contribution in [1.82, 2.24) is 0 Å². The number of halogens is 1. The van der Waals surface area contributed by atoms with Crippen molar-refractivity contribution in [3.05, 3.63) is 0 Å². The van der Waals surface area contributed by atoms with E-state index in [2.05, 4.69) is 16.2 Å². The first-order valence-electron chi connectivity index (χ1n) is 0.563. The normalized spacial score (nSPS) is 4.50. The van der Waals surface area contributed by atoms with Gasteiger partial charge in [0.1, 0.15) is 0 Å². The van der Waals surface area contributed by atoms with Crippen LogP contribution in [0.15, 0.2) is 0 Å². The van der Waals surface area contributed by atoms with Crippen LogP contribution >= 0.6 is 11.9 Å². The molecule has 0 aromatic rings. The second-order valence-electron chi connectivity index (χ2n) is 0.154. The fraction of sp³-hybridized carbons (Fsp3) is 1.00. The van der Waals surface area contributed by atoms with Crippen molar-refractivity contribution in [3.8, 4) is 0 Å². The van der Waals surface area contributed by atoms with Gasteiger partial charge >= 0.3 is 0 Å². The number of rotatable bonds is 0. The smallest absolute Gasteiger partial charge is 0.0606 e. The molecule has 0 amide bonds. The van der Waals surface area contributed by atoms with E-state index in [0.29, 0.717) is 0 Å². The van der Waals surface area contributed by atoms with Crippen LogP contribution in [0, 0.1) is 0 Å². The average molecular weight is 132 g/mol. The van der Waals surface area contributed by atoms with E-state index in [1.165, 1.54) is 7.11 Å². The van der Waals surface area contributed by atoms with Crippen LogP contribution in [0.25, 0.3) is 0 Å². The third kappa shape index (κ3) is 13.2. The molecule has 22 valence electrons. The van der Waals surface area contributed by atoms with E-state index in [-0.39, 0.29) is 19.5 Å². The minimum absolute atomic E-state index is 0. The van der Waals surface area contributed by atoms with Gasteiger partial charge in [-0.15, -0.1) is 0 Å². The fourth-order valence-electron chi connectivity index (χ4n) is 0. The molecular formula is CH3ClOZn. The third-order valence-electron chi connectivity index (χ3n) is 0. The van der Waals surface area contributed by atoms with E-state index in [4.69, 9.17) is 0 Å². The summed E-state index contributed by atoms with van der Waals surface area (Å²) in [5.41, 5.74) is 0. The van der Waals surface area contributed by atoms with E-state index in [1.807, 2.05) is 0 Å². The summed E-state index contributed by atoms with van der Waals surface area (Å²) < 4.78 is 3.72. The minimum Gasteiger partial charge on any atom is -0.283 e. The summed E-state index contributed by atoms with van der Waals surface area (Å²) >= 11 is 4.50. The summed E-state index contributed by atoms with van der Waals surface area (Å²) in [5, 5.41) is 0. The fourth-order valence-corrected chi connectivity index (χ4v) is 0. The number of hydrogen-bond acceptors (Lipinski definition) is 1. The molecule has 0 rings (SSSR count). The zero-order valence-corrected chi connectivity index (χ0v) is 6.22. The number of hydrogen-bond donors (Lipinski definition) is 0. The van der Waals surface area contributed by atoms with Crippen LogP contribution < -0.4 is 0 Å². The topological polar surface area (TPSA) is 9.23 Å². The third-order valence-corrected chi connectivity index (χ3v) is 0. The summed E-state index contributed by atoms with van der Waals surface area (Å²) in [4.78, 5) is 0. The molecule has 0 atom stereocenters. The van der Waals surface area contributed by atoms with Gasteiger partial charge in [0, 0.05) is 19.5 Å². The molecule has 0 bridgehead atoms. The maximum atomic E-state index is 4.50. The molecule has 3 heteroatoms. The Kier molecular flexibility index (Phi) is 20.2. The largest absolute Gasteiger partial charge is 0.283 e. The summed E-state index contributed by atoms with van der Waals surface area (Å²) in [6, 6.07) is 0. The molecule has 0 saturated carbocycles. The Hall–Kier alpha value is 0.873. The quantitative estimate of drug-likeness (QED) is 0.442. The molecule has 0 heterocycles. The first-order valence-corrected chi connectivity index (χ1v) is 0.871. The van der Waals surface area contributed by atoms with Gasteiger partial charge in [0.05, 0.1) is 19.0 Å². The van der Waals surface area contributed by atoms with Crippen molar-refractivity contribution < 1.29 is 23.8 Å². The molecule has 0 unspecified atom stereocenters. The Morgan fingerprint density at radius 1 is 1.75 bits per heavy atom. The van der Waals surface area contributed by atoms with Crippen LogP contribution in [0.5, 0.6) is 0 Å². The van der Waals surface area contributed by atoms with E-state index in [9.17, 15) is 0 Å². The molecule has 0 fully saturated rings. The first kappa shape index (κ1) is 8.86. The molecule has 0 aliphatic carbocycles. The Bertz CT molecular complexity index is 8.00. The molecule has 0 aliphatic rings. The molecule has 0 saturated heterocycles. The van der Waals surface area contributed by atoms with Gasteiger partial charge in [0.25, 0.3) is 0 Å². The summed E-state index contributed by atoms with van der Waals surface area (Å²) in [6.07, 6.45) is 0. The predicted octanol–water partition coefficient (Wildman–Crippen LogP) is 0.784. The average Bonchev–Trinajstić information content (AvgIpc) is 0.918. The van der Waals surface area contributed by atoms with Gasteiger partial charge in [-0.25, -0.2) is 0 Å². The molecule has 0 spiro atoms. The molecule has 4 heavy (non-hydrogen) atoms. The predicted molar refractivity (Wildman–Crippen MR) is 12.9 cm³/mol. The zero-order chi connectivity index (χ0) is 2.71. The first-order chi connectivity index (χ1) is 1.41. The Labute approximate surface area is 43.2 Å². The maximum absolute atomic E-state index is 4.50. The van der Waals surface area contributed by atoms with Gasteiger partial charge < -0.3 is 0 Å². The molecule has 0 radical (unpaired) electrons. The molecule has 0 aromatic heterocycles. The van der Waals surface area contributed by atoms with Crippen LogP contribution in [0.4, 0.5) is 0 Å². The summed E-state index contributed by atoms with van der Waals surface area (Å²) in [5.74, 6) is 0. The van der Waals surface area contributed by atoms with E-state index in [1.54, 1.807) is 0 Å². The van der Waals surface area contributed by atoms with Crippen LogP contribution in [-0.2, 0) is 23.8 Å². The Balaban J connectivity index is 0. The van der Waals surface area contributed by atoms with E-state index in [0.717, 1.165) is 0 Å². The minimum atomic E-state index is 0. The van der Waals surface area contributed by atoms with Gasteiger partial charge in [-0.1, -0.05) is 0 Å². The van der Waals surface area contributed by atoms with E-state index >= 15 is 0 Å².